The van der Waals surface area contributed by atoms with Gasteiger partial charge in [-0.3, -0.25) is 4.90 Å². The number of hydrogen-bond acceptors (Lipinski definition) is 3. The number of hydrogen-bond donors (Lipinski definition) is 1. The first-order valence-electron chi connectivity index (χ1n) is 9.07. The summed E-state index contributed by atoms with van der Waals surface area (Å²) in [4.78, 5) is 19.1. The van der Waals surface area contributed by atoms with Crippen molar-refractivity contribution in [2.24, 2.45) is 0 Å². The van der Waals surface area contributed by atoms with E-state index in [1.165, 1.54) is 32.1 Å². The highest BCUT2D eigenvalue weighted by atomic mass is 16.2. The van der Waals surface area contributed by atoms with Gasteiger partial charge in [0.05, 0.1) is 0 Å². The van der Waals surface area contributed by atoms with Crippen LogP contribution in [0.25, 0.3) is 0 Å². The van der Waals surface area contributed by atoms with Gasteiger partial charge >= 0.3 is 6.03 Å². The maximum atomic E-state index is 12.4. The van der Waals surface area contributed by atoms with Gasteiger partial charge in [0.1, 0.15) is 0 Å². The van der Waals surface area contributed by atoms with Crippen molar-refractivity contribution in [3.05, 3.63) is 0 Å². The Hall–Kier alpha value is -0.810. The van der Waals surface area contributed by atoms with Crippen LogP contribution < -0.4 is 5.32 Å². The van der Waals surface area contributed by atoms with Gasteiger partial charge in [-0.1, -0.05) is 25.7 Å². The van der Waals surface area contributed by atoms with Crippen molar-refractivity contribution in [2.75, 3.05) is 53.4 Å². The first kappa shape index (κ1) is 17.5. The van der Waals surface area contributed by atoms with Gasteiger partial charge in [-0.25, -0.2) is 4.79 Å². The summed E-state index contributed by atoms with van der Waals surface area (Å²) in [6.07, 6.45) is 8.74. The summed E-state index contributed by atoms with van der Waals surface area (Å²) in [6.45, 7) is 6.08. The third kappa shape index (κ3) is 6.13. The van der Waals surface area contributed by atoms with Crippen LogP contribution >= 0.6 is 0 Å². The second-order valence-corrected chi connectivity index (χ2v) is 7.12. The number of nitrogens with zero attached hydrogens (tertiary/aromatic N) is 3. The zero-order valence-corrected chi connectivity index (χ0v) is 14.5. The van der Waals surface area contributed by atoms with Crippen LogP contribution in [-0.2, 0) is 0 Å². The normalized spacial score (nSPS) is 21.9. The average molecular weight is 310 g/mol. The number of nitrogens with one attached hydrogen (secondary N) is 1. The van der Waals surface area contributed by atoms with Gasteiger partial charge in [0.15, 0.2) is 0 Å². The fourth-order valence-electron chi connectivity index (χ4n) is 3.47. The van der Waals surface area contributed by atoms with Crippen molar-refractivity contribution in [3.63, 3.8) is 0 Å². The molecule has 0 radical (unpaired) electrons. The largest absolute Gasteiger partial charge is 0.335 e. The minimum atomic E-state index is 0.167. The Morgan fingerprint density at radius 2 is 1.68 bits per heavy atom. The molecule has 2 rings (SSSR count). The lowest BCUT2D eigenvalue weighted by Gasteiger charge is -2.35. The van der Waals surface area contributed by atoms with Crippen LogP contribution in [0, 0.1) is 0 Å². The molecule has 1 saturated heterocycles. The van der Waals surface area contributed by atoms with Crippen LogP contribution in [0.15, 0.2) is 0 Å². The molecule has 2 amide bonds. The van der Waals surface area contributed by atoms with Crippen molar-refractivity contribution in [1.29, 1.82) is 0 Å². The maximum absolute atomic E-state index is 12.4. The Balaban J connectivity index is 1.64. The summed E-state index contributed by atoms with van der Waals surface area (Å²) < 4.78 is 0. The Morgan fingerprint density at radius 1 is 1.05 bits per heavy atom. The highest BCUT2D eigenvalue weighted by Crippen LogP contribution is 2.17. The smallest absolute Gasteiger partial charge is 0.317 e. The molecule has 1 heterocycles. The molecule has 1 saturated carbocycles. The molecule has 2 aliphatic rings. The molecule has 0 aromatic heterocycles. The number of carbonyl (C=O) groups excluding carboxylic acids is 1. The van der Waals surface area contributed by atoms with Crippen molar-refractivity contribution in [1.82, 2.24) is 20.0 Å². The van der Waals surface area contributed by atoms with Crippen LogP contribution in [0.2, 0.25) is 0 Å². The number of rotatable bonds is 5. The quantitative estimate of drug-likeness (QED) is 0.789. The lowest BCUT2D eigenvalue weighted by molar-refractivity contribution is 0.134. The summed E-state index contributed by atoms with van der Waals surface area (Å²) in [5, 5.41) is 3.26. The predicted molar refractivity (Wildman–Crippen MR) is 91.2 cm³/mol. The summed E-state index contributed by atoms with van der Waals surface area (Å²) in [6, 6.07) is 0.577. The standard InChI is InChI=1S/C17H34N4O/c1-19(2)10-7-11-20-12-14-21(15-13-20)17(22)18-16-8-5-3-4-6-9-16/h16H,3-15H2,1-2H3,(H,18,22). The molecule has 0 aromatic rings. The Morgan fingerprint density at radius 3 is 2.27 bits per heavy atom. The molecule has 1 N–H and O–H groups in total. The molecule has 22 heavy (non-hydrogen) atoms. The van der Waals surface area contributed by atoms with E-state index in [0.717, 1.165) is 52.1 Å². The van der Waals surface area contributed by atoms with E-state index >= 15 is 0 Å². The summed E-state index contributed by atoms with van der Waals surface area (Å²) >= 11 is 0. The molecular weight excluding hydrogens is 276 g/mol. The first-order chi connectivity index (χ1) is 10.6. The molecular formula is C17H34N4O. The minimum Gasteiger partial charge on any atom is -0.335 e. The Labute approximate surface area is 136 Å². The lowest BCUT2D eigenvalue weighted by Crippen LogP contribution is -2.53. The Kier molecular flexibility index (Phi) is 7.46. The molecule has 0 atom stereocenters. The third-order valence-electron chi connectivity index (χ3n) is 4.92. The van der Waals surface area contributed by atoms with Crippen molar-refractivity contribution < 1.29 is 4.79 Å². The van der Waals surface area contributed by atoms with Gasteiger partial charge in [0.25, 0.3) is 0 Å². The predicted octanol–water partition coefficient (Wildman–Crippen LogP) is 1.99. The van der Waals surface area contributed by atoms with E-state index in [4.69, 9.17) is 0 Å². The van der Waals surface area contributed by atoms with Crippen molar-refractivity contribution >= 4 is 6.03 Å². The highest BCUT2D eigenvalue weighted by molar-refractivity contribution is 5.74. The van der Waals surface area contributed by atoms with Crippen molar-refractivity contribution in [2.45, 2.75) is 51.0 Å². The summed E-state index contributed by atoms with van der Waals surface area (Å²) in [7, 11) is 4.24. The molecule has 0 bridgehead atoms. The van der Waals surface area contributed by atoms with E-state index in [9.17, 15) is 4.79 Å². The van der Waals surface area contributed by atoms with E-state index in [1.807, 2.05) is 4.90 Å². The van der Waals surface area contributed by atoms with E-state index in [1.54, 1.807) is 0 Å². The average Bonchev–Trinajstić information content (AvgIpc) is 2.76. The fraction of sp³-hybridized carbons (Fsp3) is 0.941. The number of carbonyl (C=O) groups is 1. The third-order valence-corrected chi connectivity index (χ3v) is 4.92. The SMILES string of the molecule is CN(C)CCCN1CCN(C(=O)NC2CCCCCC2)CC1. The number of amides is 2. The minimum absolute atomic E-state index is 0.167. The van der Waals surface area contributed by atoms with Gasteiger partial charge in [-0.15, -0.1) is 0 Å². The molecule has 2 fully saturated rings. The molecule has 5 nitrogen and oxygen atoms in total. The molecule has 0 unspecified atom stereocenters. The number of piperazine rings is 1. The zero-order valence-electron chi connectivity index (χ0n) is 14.5. The monoisotopic (exact) mass is 310 g/mol. The summed E-state index contributed by atoms with van der Waals surface area (Å²) in [5.41, 5.74) is 0. The van der Waals surface area contributed by atoms with Crippen LogP contribution in [0.1, 0.15) is 44.9 Å². The molecule has 0 spiro atoms. The van der Waals surface area contributed by atoms with Crippen LogP contribution in [0.5, 0.6) is 0 Å². The zero-order chi connectivity index (χ0) is 15.8. The van der Waals surface area contributed by atoms with Crippen molar-refractivity contribution in [3.8, 4) is 0 Å². The van der Waals surface area contributed by atoms with Crippen LogP contribution in [0.4, 0.5) is 4.79 Å². The molecule has 1 aliphatic carbocycles. The van der Waals surface area contributed by atoms with Gasteiger partial charge in [-0.05, 0) is 46.4 Å². The van der Waals surface area contributed by atoms with Gasteiger partial charge in [-0.2, -0.15) is 0 Å². The molecule has 5 heteroatoms. The fourth-order valence-corrected chi connectivity index (χ4v) is 3.47. The van der Waals surface area contributed by atoms with Crippen LogP contribution in [-0.4, -0.2) is 80.1 Å². The van der Waals surface area contributed by atoms with Gasteiger partial charge in [0, 0.05) is 32.2 Å². The first-order valence-corrected chi connectivity index (χ1v) is 9.07. The summed E-state index contributed by atoms with van der Waals surface area (Å²) in [5.74, 6) is 0. The lowest BCUT2D eigenvalue weighted by atomic mass is 10.1. The highest BCUT2D eigenvalue weighted by Gasteiger charge is 2.23. The molecule has 0 aromatic carbocycles. The number of urea groups is 1. The second kappa shape index (κ2) is 9.36. The Bertz CT molecular complexity index is 319. The topological polar surface area (TPSA) is 38.8 Å². The van der Waals surface area contributed by atoms with E-state index in [-0.39, 0.29) is 6.03 Å². The van der Waals surface area contributed by atoms with E-state index in [0.29, 0.717) is 6.04 Å². The molecule has 128 valence electrons. The van der Waals surface area contributed by atoms with Gasteiger partial charge in [0.2, 0.25) is 0 Å². The van der Waals surface area contributed by atoms with Crippen LogP contribution in [0.3, 0.4) is 0 Å². The van der Waals surface area contributed by atoms with Gasteiger partial charge < -0.3 is 15.1 Å². The second-order valence-electron chi connectivity index (χ2n) is 7.12. The van der Waals surface area contributed by atoms with E-state index in [2.05, 4.69) is 29.2 Å². The van der Waals surface area contributed by atoms with E-state index < -0.39 is 0 Å². The molecule has 1 aliphatic heterocycles. The maximum Gasteiger partial charge on any atom is 0.317 e.